The molecule has 2 rings (SSSR count). The zero-order valence-corrected chi connectivity index (χ0v) is 16.8. The molecule has 0 unspecified atom stereocenters. The lowest BCUT2D eigenvalue weighted by molar-refractivity contribution is -0.384. The minimum atomic E-state index is -0.791. The number of hydrogen-bond acceptors (Lipinski definition) is 6. The first kappa shape index (κ1) is 21.9. The predicted octanol–water partition coefficient (Wildman–Crippen LogP) is 3.48. The number of esters is 1. The van der Waals surface area contributed by atoms with Gasteiger partial charge in [0.25, 0.3) is 11.6 Å². The molecule has 2 aromatic carbocycles. The van der Waals surface area contributed by atoms with E-state index in [0.717, 1.165) is 24.5 Å². The minimum Gasteiger partial charge on any atom is -0.452 e. The average Bonchev–Trinajstić information content (AvgIpc) is 2.71. The topological polar surface area (TPSA) is 102 Å². The van der Waals surface area contributed by atoms with Crippen molar-refractivity contribution in [3.05, 3.63) is 69.8 Å². The molecule has 1 amide bonds. The zero-order valence-electron chi connectivity index (χ0n) is 16.8. The van der Waals surface area contributed by atoms with E-state index in [0.29, 0.717) is 5.69 Å². The zero-order chi connectivity index (χ0) is 21.4. The number of nitrogens with zero attached hydrogens (tertiary/aromatic N) is 2. The molecule has 1 atom stereocenters. The molecule has 0 aliphatic heterocycles. The van der Waals surface area contributed by atoms with Crippen molar-refractivity contribution in [3.63, 3.8) is 0 Å². The molecule has 29 heavy (non-hydrogen) atoms. The summed E-state index contributed by atoms with van der Waals surface area (Å²) in [6.45, 7) is 1.56. The van der Waals surface area contributed by atoms with Gasteiger partial charge in [0.05, 0.1) is 16.5 Å². The Morgan fingerprint density at radius 3 is 2.45 bits per heavy atom. The van der Waals surface area contributed by atoms with Crippen LogP contribution >= 0.6 is 0 Å². The van der Waals surface area contributed by atoms with E-state index in [9.17, 15) is 19.7 Å². The van der Waals surface area contributed by atoms with Crippen molar-refractivity contribution in [2.24, 2.45) is 0 Å². The summed E-state index contributed by atoms with van der Waals surface area (Å²) in [4.78, 5) is 36.8. The number of carbonyl (C=O) groups excluding carboxylic acids is 2. The molecule has 1 N–H and O–H groups in total. The molecule has 0 aliphatic carbocycles. The summed E-state index contributed by atoms with van der Waals surface area (Å²) in [7, 11) is 3.34. The molecule has 0 heterocycles. The van der Waals surface area contributed by atoms with Crippen molar-refractivity contribution in [1.82, 2.24) is 5.32 Å². The van der Waals surface area contributed by atoms with Crippen LogP contribution in [0.15, 0.2) is 48.5 Å². The molecule has 8 nitrogen and oxygen atoms in total. The van der Waals surface area contributed by atoms with Gasteiger partial charge in [-0.3, -0.25) is 14.9 Å². The lowest BCUT2D eigenvalue weighted by Crippen LogP contribution is -2.32. The first-order valence-electron chi connectivity index (χ1n) is 9.30. The maximum atomic E-state index is 12.3. The van der Waals surface area contributed by atoms with Crippen LogP contribution in [0, 0.1) is 10.1 Å². The fourth-order valence-corrected chi connectivity index (χ4v) is 2.92. The van der Waals surface area contributed by atoms with Gasteiger partial charge < -0.3 is 15.0 Å². The average molecular weight is 399 g/mol. The van der Waals surface area contributed by atoms with Crippen molar-refractivity contribution in [3.8, 4) is 0 Å². The van der Waals surface area contributed by atoms with Gasteiger partial charge in [0, 0.05) is 20.2 Å². The molecule has 2 aromatic rings. The SMILES string of the molecule is CCC[C@H](NC(=O)COC(=O)c1ccc(N(C)C)c([N+](=O)[O-])c1)c1ccccc1. The number of carbonyl (C=O) groups is 2. The molecule has 0 fully saturated rings. The van der Waals surface area contributed by atoms with Gasteiger partial charge in [-0.05, 0) is 24.1 Å². The van der Waals surface area contributed by atoms with Crippen LogP contribution in [0.25, 0.3) is 0 Å². The third-order valence-electron chi connectivity index (χ3n) is 4.34. The van der Waals surface area contributed by atoms with Crippen molar-refractivity contribution >= 4 is 23.3 Å². The summed E-state index contributed by atoms with van der Waals surface area (Å²) in [6, 6.07) is 13.4. The summed E-state index contributed by atoms with van der Waals surface area (Å²) in [6.07, 6.45) is 1.63. The van der Waals surface area contributed by atoms with Gasteiger partial charge in [-0.15, -0.1) is 0 Å². The van der Waals surface area contributed by atoms with Crippen LogP contribution in [-0.2, 0) is 9.53 Å². The van der Waals surface area contributed by atoms with Crippen LogP contribution in [0.2, 0.25) is 0 Å². The molecule has 0 aromatic heterocycles. The van der Waals surface area contributed by atoms with E-state index in [-0.39, 0.29) is 17.3 Å². The molecular weight excluding hydrogens is 374 g/mol. The van der Waals surface area contributed by atoms with Gasteiger partial charge in [0.15, 0.2) is 6.61 Å². The number of amides is 1. The van der Waals surface area contributed by atoms with Gasteiger partial charge in [-0.25, -0.2) is 4.79 Å². The first-order chi connectivity index (χ1) is 13.8. The molecule has 0 bridgehead atoms. The predicted molar refractivity (Wildman–Crippen MR) is 110 cm³/mol. The fraction of sp³-hybridized carbons (Fsp3) is 0.333. The summed E-state index contributed by atoms with van der Waals surface area (Å²) in [5, 5.41) is 14.1. The van der Waals surface area contributed by atoms with Crippen LogP contribution in [0.4, 0.5) is 11.4 Å². The van der Waals surface area contributed by atoms with Crippen LogP contribution in [0.3, 0.4) is 0 Å². The van der Waals surface area contributed by atoms with Crippen LogP contribution < -0.4 is 10.2 Å². The highest BCUT2D eigenvalue weighted by molar-refractivity contribution is 5.93. The third-order valence-corrected chi connectivity index (χ3v) is 4.34. The van der Waals surface area contributed by atoms with E-state index in [1.165, 1.54) is 12.1 Å². The normalized spacial score (nSPS) is 11.4. The van der Waals surface area contributed by atoms with Gasteiger partial charge in [0.2, 0.25) is 0 Å². The van der Waals surface area contributed by atoms with Crippen LogP contribution in [0.1, 0.15) is 41.7 Å². The quantitative estimate of drug-likeness (QED) is 0.393. The Morgan fingerprint density at radius 1 is 1.17 bits per heavy atom. The highest BCUT2D eigenvalue weighted by Crippen LogP contribution is 2.28. The summed E-state index contributed by atoms with van der Waals surface area (Å²) >= 11 is 0. The second-order valence-electron chi connectivity index (χ2n) is 6.75. The molecule has 0 spiro atoms. The highest BCUT2D eigenvalue weighted by atomic mass is 16.6. The minimum absolute atomic E-state index is 0.0169. The number of nitro groups is 1. The maximum Gasteiger partial charge on any atom is 0.338 e. The standard InChI is InChI=1S/C21H25N3O5/c1-4-8-17(15-9-6-5-7-10-15)22-20(25)14-29-21(26)16-11-12-18(23(2)3)19(13-16)24(27)28/h5-7,9-13,17H,4,8,14H2,1-3H3,(H,22,25)/t17-/m0/s1. The Labute approximate surface area is 169 Å². The number of nitrogens with one attached hydrogen (secondary N) is 1. The number of hydrogen-bond donors (Lipinski definition) is 1. The largest absolute Gasteiger partial charge is 0.452 e. The first-order valence-corrected chi connectivity index (χ1v) is 9.30. The Balaban J connectivity index is 2.01. The van der Waals surface area contributed by atoms with Crippen molar-refractivity contribution in [2.75, 3.05) is 25.6 Å². The molecule has 154 valence electrons. The molecule has 0 aliphatic rings. The summed E-state index contributed by atoms with van der Waals surface area (Å²) in [5.41, 5.74) is 1.16. The Bertz CT molecular complexity index is 868. The second kappa shape index (κ2) is 10.2. The molecule has 8 heteroatoms. The van der Waals surface area contributed by atoms with Gasteiger partial charge >= 0.3 is 5.97 Å². The van der Waals surface area contributed by atoms with E-state index >= 15 is 0 Å². The summed E-state index contributed by atoms with van der Waals surface area (Å²) < 4.78 is 5.05. The van der Waals surface area contributed by atoms with Crippen molar-refractivity contribution < 1.29 is 19.2 Å². The fourth-order valence-electron chi connectivity index (χ4n) is 2.92. The number of ether oxygens (including phenoxy) is 1. The number of anilines is 1. The third kappa shape index (κ3) is 6.03. The molecule has 0 saturated carbocycles. The Kier molecular flexibility index (Phi) is 7.70. The number of benzene rings is 2. The Morgan fingerprint density at radius 2 is 1.86 bits per heavy atom. The van der Waals surface area contributed by atoms with Crippen LogP contribution in [-0.4, -0.2) is 37.5 Å². The van der Waals surface area contributed by atoms with Gasteiger partial charge in [-0.1, -0.05) is 43.7 Å². The number of rotatable bonds is 9. The highest BCUT2D eigenvalue weighted by Gasteiger charge is 2.20. The maximum absolute atomic E-state index is 12.3. The van der Waals surface area contributed by atoms with E-state index in [1.807, 2.05) is 37.3 Å². The molecular formula is C21H25N3O5. The van der Waals surface area contributed by atoms with E-state index in [2.05, 4.69) is 5.32 Å². The molecule has 0 saturated heterocycles. The Hall–Kier alpha value is -3.42. The summed E-state index contributed by atoms with van der Waals surface area (Å²) in [5.74, 6) is -1.22. The second-order valence-corrected chi connectivity index (χ2v) is 6.75. The van der Waals surface area contributed by atoms with E-state index in [1.54, 1.807) is 19.0 Å². The van der Waals surface area contributed by atoms with Crippen LogP contribution in [0.5, 0.6) is 0 Å². The molecule has 0 radical (unpaired) electrons. The van der Waals surface area contributed by atoms with Crippen molar-refractivity contribution in [1.29, 1.82) is 0 Å². The van der Waals surface area contributed by atoms with Gasteiger partial charge in [-0.2, -0.15) is 0 Å². The van der Waals surface area contributed by atoms with E-state index < -0.39 is 23.4 Å². The lowest BCUT2D eigenvalue weighted by atomic mass is 10.0. The monoisotopic (exact) mass is 399 g/mol. The number of nitro benzene ring substituents is 1. The smallest absolute Gasteiger partial charge is 0.338 e. The van der Waals surface area contributed by atoms with Crippen molar-refractivity contribution in [2.45, 2.75) is 25.8 Å². The van der Waals surface area contributed by atoms with Gasteiger partial charge in [0.1, 0.15) is 5.69 Å². The van der Waals surface area contributed by atoms with E-state index in [4.69, 9.17) is 4.74 Å². The lowest BCUT2D eigenvalue weighted by Gasteiger charge is -2.18.